The van der Waals surface area contributed by atoms with Crippen LogP contribution < -0.4 is 0 Å². The maximum Gasteiger partial charge on any atom is 0.155 e. The highest BCUT2D eigenvalue weighted by atomic mass is 16.1. The molecule has 0 aliphatic heterocycles. The Morgan fingerprint density at radius 3 is 2.67 bits per heavy atom. The van der Waals surface area contributed by atoms with Crippen molar-refractivity contribution in [3.05, 3.63) is 66.5 Å². The molecule has 2 heterocycles. The van der Waals surface area contributed by atoms with Crippen molar-refractivity contribution in [3.63, 3.8) is 0 Å². The third kappa shape index (κ3) is 2.63. The standard InChI is InChI=1S/C18H16N2O/c1-2-15(21)11-12-16-18(14-8-4-3-5-9-14)19-17-10-6-7-13-20(16)17/h3-13H,2H2,1H3/b12-11+. The molecule has 0 radical (unpaired) electrons. The highest BCUT2D eigenvalue weighted by Crippen LogP contribution is 2.25. The lowest BCUT2D eigenvalue weighted by Crippen LogP contribution is -1.91. The van der Waals surface area contributed by atoms with Gasteiger partial charge in [0.1, 0.15) is 5.65 Å². The number of pyridine rings is 1. The van der Waals surface area contributed by atoms with Gasteiger partial charge in [-0.05, 0) is 24.3 Å². The van der Waals surface area contributed by atoms with Gasteiger partial charge in [-0.1, -0.05) is 43.3 Å². The molecule has 0 unspecified atom stereocenters. The molecule has 1 aromatic carbocycles. The van der Waals surface area contributed by atoms with Crippen molar-refractivity contribution in [2.45, 2.75) is 13.3 Å². The van der Waals surface area contributed by atoms with Crippen LogP contribution in [0.5, 0.6) is 0 Å². The summed E-state index contributed by atoms with van der Waals surface area (Å²) in [5.41, 5.74) is 3.74. The topological polar surface area (TPSA) is 34.4 Å². The Hall–Kier alpha value is -2.68. The first-order valence-electron chi connectivity index (χ1n) is 7.03. The molecule has 2 aromatic heterocycles. The number of imidazole rings is 1. The van der Waals surface area contributed by atoms with Crippen molar-refractivity contribution in [3.8, 4) is 11.3 Å². The molecule has 0 bridgehead atoms. The second-order valence-corrected chi connectivity index (χ2v) is 4.79. The first kappa shape index (κ1) is 13.3. The summed E-state index contributed by atoms with van der Waals surface area (Å²) in [4.78, 5) is 16.3. The summed E-state index contributed by atoms with van der Waals surface area (Å²) >= 11 is 0. The van der Waals surface area contributed by atoms with Crippen LogP contribution in [0.15, 0.2) is 60.8 Å². The van der Waals surface area contributed by atoms with Gasteiger partial charge in [-0.15, -0.1) is 0 Å². The minimum atomic E-state index is 0.111. The van der Waals surface area contributed by atoms with Gasteiger partial charge in [0.25, 0.3) is 0 Å². The van der Waals surface area contributed by atoms with Crippen LogP contribution >= 0.6 is 0 Å². The SMILES string of the molecule is CCC(=O)/C=C/c1c(-c2ccccc2)nc2ccccn12. The maximum atomic E-state index is 11.6. The number of fused-ring (bicyclic) bond motifs is 1. The number of carbonyl (C=O) groups is 1. The van der Waals surface area contributed by atoms with E-state index in [2.05, 4.69) is 4.98 Å². The first-order chi connectivity index (χ1) is 10.3. The lowest BCUT2D eigenvalue weighted by molar-refractivity contribution is -0.114. The van der Waals surface area contributed by atoms with Gasteiger partial charge in [-0.25, -0.2) is 4.98 Å². The Morgan fingerprint density at radius 2 is 1.90 bits per heavy atom. The molecule has 0 N–H and O–H groups in total. The van der Waals surface area contributed by atoms with Gasteiger partial charge >= 0.3 is 0 Å². The number of hydrogen-bond donors (Lipinski definition) is 0. The van der Waals surface area contributed by atoms with E-state index in [4.69, 9.17) is 0 Å². The zero-order chi connectivity index (χ0) is 14.7. The van der Waals surface area contributed by atoms with E-state index >= 15 is 0 Å². The van der Waals surface area contributed by atoms with E-state index in [-0.39, 0.29) is 5.78 Å². The number of nitrogens with zero attached hydrogens (tertiary/aromatic N) is 2. The average molecular weight is 276 g/mol. The molecule has 0 atom stereocenters. The van der Waals surface area contributed by atoms with Crippen molar-refractivity contribution >= 4 is 17.5 Å². The van der Waals surface area contributed by atoms with Gasteiger partial charge < -0.3 is 0 Å². The van der Waals surface area contributed by atoms with Gasteiger partial charge in [-0.2, -0.15) is 0 Å². The van der Waals surface area contributed by atoms with Gasteiger partial charge in [0.2, 0.25) is 0 Å². The smallest absolute Gasteiger partial charge is 0.155 e. The lowest BCUT2D eigenvalue weighted by Gasteiger charge is -2.00. The van der Waals surface area contributed by atoms with Crippen LogP contribution in [0.4, 0.5) is 0 Å². The molecule has 3 aromatic rings. The molecule has 0 amide bonds. The summed E-state index contributed by atoms with van der Waals surface area (Å²) in [7, 11) is 0. The normalized spacial score (nSPS) is 11.3. The molecule has 104 valence electrons. The van der Waals surface area contributed by atoms with Crippen molar-refractivity contribution in [2.75, 3.05) is 0 Å². The second kappa shape index (κ2) is 5.75. The molecule has 0 saturated carbocycles. The fourth-order valence-corrected chi connectivity index (χ4v) is 2.27. The van der Waals surface area contributed by atoms with E-state index in [1.807, 2.05) is 72.1 Å². The predicted molar refractivity (Wildman–Crippen MR) is 85.0 cm³/mol. The average Bonchev–Trinajstić information content (AvgIpc) is 2.92. The third-order valence-corrected chi connectivity index (χ3v) is 3.39. The summed E-state index contributed by atoms with van der Waals surface area (Å²) in [6, 6.07) is 15.9. The van der Waals surface area contributed by atoms with E-state index in [0.717, 1.165) is 22.6 Å². The van der Waals surface area contributed by atoms with Gasteiger partial charge in [0.15, 0.2) is 5.78 Å². The molecule has 0 aliphatic carbocycles. The summed E-state index contributed by atoms with van der Waals surface area (Å²) in [5, 5.41) is 0. The Kier molecular flexibility index (Phi) is 3.65. The van der Waals surface area contributed by atoms with Gasteiger partial charge in [0.05, 0.1) is 11.4 Å². The quantitative estimate of drug-likeness (QED) is 0.675. The Labute approximate surface area is 123 Å². The number of aromatic nitrogens is 2. The van der Waals surface area contributed by atoms with Crippen LogP contribution in [0.1, 0.15) is 19.0 Å². The summed E-state index contributed by atoms with van der Waals surface area (Å²) in [5.74, 6) is 0.111. The van der Waals surface area contributed by atoms with Crippen LogP contribution in [0, 0.1) is 0 Å². The fraction of sp³-hybridized carbons (Fsp3) is 0.111. The number of hydrogen-bond acceptors (Lipinski definition) is 2. The monoisotopic (exact) mass is 276 g/mol. The van der Waals surface area contributed by atoms with Gasteiger partial charge in [0, 0.05) is 18.2 Å². The number of carbonyl (C=O) groups excluding carboxylic acids is 1. The van der Waals surface area contributed by atoms with Gasteiger partial charge in [-0.3, -0.25) is 9.20 Å². The molecule has 0 spiro atoms. The lowest BCUT2D eigenvalue weighted by atomic mass is 10.1. The predicted octanol–water partition coefficient (Wildman–Crippen LogP) is 3.99. The molecule has 3 rings (SSSR count). The number of ketones is 1. The van der Waals surface area contributed by atoms with Crippen LogP contribution in [-0.2, 0) is 4.79 Å². The Bertz CT molecular complexity index is 800. The Balaban J connectivity index is 2.19. The van der Waals surface area contributed by atoms with E-state index in [1.165, 1.54) is 0 Å². The third-order valence-electron chi connectivity index (χ3n) is 3.39. The maximum absolute atomic E-state index is 11.6. The highest BCUT2D eigenvalue weighted by Gasteiger charge is 2.11. The van der Waals surface area contributed by atoms with Crippen LogP contribution in [0.25, 0.3) is 23.0 Å². The summed E-state index contributed by atoms with van der Waals surface area (Å²) in [6.45, 7) is 1.86. The van der Waals surface area contributed by atoms with Crippen molar-refractivity contribution in [1.82, 2.24) is 9.38 Å². The number of allylic oxidation sites excluding steroid dienone is 1. The summed E-state index contributed by atoms with van der Waals surface area (Å²) < 4.78 is 2.00. The minimum absolute atomic E-state index is 0.111. The van der Waals surface area contributed by atoms with Crippen LogP contribution in [0.3, 0.4) is 0 Å². The van der Waals surface area contributed by atoms with E-state index in [9.17, 15) is 4.79 Å². The molecular formula is C18H16N2O. The molecular weight excluding hydrogens is 260 g/mol. The molecule has 0 saturated heterocycles. The molecule has 3 heteroatoms. The number of benzene rings is 1. The van der Waals surface area contributed by atoms with E-state index < -0.39 is 0 Å². The first-order valence-corrected chi connectivity index (χ1v) is 7.03. The number of rotatable bonds is 4. The van der Waals surface area contributed by atoms with Crippen molar-refractivity contribution in [2.24, 2.45) is 0 Å². The summed E-state index contributed by atoms with van der Waals surface area (Å²) in [6.07, 6.45) is 5.95. The minimum Gasteiger partial charge on any atom is -0.300 e. The van der Waals surface area contributed by atoms with E-state index in [1.54, 1.807) is 6.08 Å². The molecule has 0 fully saturated rings. The second-order valence-electron chi connectivity index (χ2n) is 4.79. The zero-order valence-electron chi connectivity index (χ0n) is 11.9. The molecule has 0 aliphatic rings. The zero-order valence-corrected chi connectivity index (χ0v) is 11.9. The fourth-order valence-electron chi connectivity index (χ4n) is 2.27. The van der Waals surface area contributed by atoms with Crippen LogP contribution in [0.2, 0.25) is 0 Å². The highest BCUT2D eigenvalue weighted by molar-refractivity contribution is 5.94. The van der Waals surface area contributed by atoms with E-state index in [0.29, 0.717) is 6.42 Å². The largest absolute Gasteiger partial charge is 0.300 e. The molecule has 21 heavy (non-hydrogen) atoms. The Morgan fingerprint density at radius 1 is 1.14 bits per heavy atom. The van der Waals surface area contributed by atoms with Crippen molar-refractivity contribution < 1.29 is 4.79 Å². The van der Waals surface area contributed by atoms with Crippen molar-refractivity contribution in [1.29, 1.82) is 0 Å². The molecule has 3 nitrogen and oxygen atoms in total. The van der Waals surface area contributed by atoms with Crippen LogP contribution in [-0.4, -0.2) is 15.2 Å².